The van der Waals surface area contributed by atoms with E-state index in [1.54, 1.807) is 26.0 Å². The van der Waals surface area contributed by atoms with Crippen molar-refractivity contribution in [2.75, 3.05) is 13.2 Å². The predicted molar refractivity (Wildman–Crippen MR) is 79.6 cm³/mol. The van der Waals surface area contributed by atoms with Gasteiger partial charge in [-0.2, -0.15) is 9.98 Å². The van der Waals surface area contributed by atoms with Crippen molar-refractivity contribution in [1.29, 1.82) is 0 Å². The Morgan fingerprint density at radius 2 is 1.45 bits per heavy atom. The zero-order chi connectivity index (χ0) is 16.8. The molecule has 0 aromatic carbocycles. The van der Waals surface area contributed by atoms with Crippen LogP contribution in [0.4, 0.5) is 9.59 Å². The molecule has 0 unspecified atom stereocenters. The Morgan fingerprint density at radius 1 is 1.09 bits per heavy atom. The Balaban J connectivity index is 0.00000135. The van der Waals surface area contributed by atoms with Gasteiger partial charge in [0.25, 0.3) is 0 Å². The first-order valence-corrected chi connectivity index (χ1v) is 8.97. The molecular formula is C12H14Cl2FeN2O5. The van der Waals surface area contributed by atoms with Gasteiger partial charge in [-0.05, 0) is 26.0 Å². The molecule has 1 aromatic heterocycles. The van der Waals surface area contributed by atoms with Crippen molar-refractivity contribution in [1.82, 2.24) is 0 Å². The second-order valence-electron chi connectivity index (χ2n) is 3.20. The summed E-state index contributed by atoms with van der Waals surface area (Å²) in [5.41, 5.74) is 0. The van der Waals surface area contributed by atoms with E-state index in [1.807, 2.05) is 0 Å². The molecular weight excluding hydrogens is 379 g/mol. The van der Waals surface area contributed by atoms with E-state index in [4.69, 9.17) is 24.6 Å². The van der Waals surface area contributed by atoms with Crippen LogP contribution in [0.25, 0.3) is 0 Å². The van der Waals surface area contributed by atoms with E-state index < -0.39 is 12.2 Å². The fourth-order valence-electron chi connectivity index (χ4n) is 1.06. The third kappa shape index (κ3) is 10.4. The molecule has 22 heavy (non-hydrogen) atoms. The summed E-state index contributed by atoms with van der Waals surface area (Å²) < 4.78 is 14.4. The van der Waals surface area contributed by atoms with Gasteiger partial charge in [0.1, 0.15) is 11.5 Å². The molecule has 10 heteroatoms. The van der Waals surface area contributed by atoms with Gasteiger partial charge in [-0.3, -0.25) is 0 Å². The number of furan rings is 1. The van der Waals surface area contributed by atoms with Gasteiger partial charge >= 0.3 is 45.5 Å². The predicted octanol–water partition coefficient (Wildman–Crippen LogP) is 3.81. The van der Waals surface area contributed by atoms with Gasteiger partial charge in [-0.15, -0.1) is 0 Å². The Kier molecular flexibility index (Phi) is 12.5. The minimum absolute atomic E-state index is 0.194. The molecule has 0 aliphatic carbocycles. The van der Waals surface area contributed by atoms with Gasteiger partial charge in [0.2, 0.25) is 0 Å². The van der Waals surface area contributed by atoms with E-state index in [1.165, 1.54) is 12.4 Å². The molecule has 2 amide bonds. The van der Waals surface area contributed by atoms with E-state index in [-0.39, 0.29) is 26.3 Å². The van der Waals surface area contributed by atoms with Gasteiger partial charge in [-0.25, -0.2) is 9.59 Å². The number of hydrogen-bond acceptors (Lipinski definition) is 5. The Bertz CT molecular complexity index is 477. The van der Waals surface area contributed by atoms with Crippen molar-refractivity contribution in [3.8, 4) is 0 Å². The minimum atomic E-state index is -0.694. The molecule has 0 saturated carbocycles. The first-order valence-electron chi connectivity index (χ1n) is 5.94. The van der Waals surface area contributed by atoms with Crippen LogP contribution in [0.15, 0.2) is 26.5 Å². The van der Waals surface area contributed by atoms with Crippen molar-refractivity contribution < 1.29 is 36.6 Å². The van der Waals surface area contributed by atoms with E-state index >= 15 is 0 Å². The summed E-state index contributed by atoms with van der Waals surface area (Å²) in [4.78, 5) is 28.9. The molecule has 1 rings (SSSR count). The van der Waals surface area contributed by atoms with Crippen molar-refractivity contribution in [3.63, 3.8) is 0 Å². The second kappa shape index (κ2) is 13.3. The van der Waals surface area contributed by atoms with Crippen LogP contribution in [0.1, 0.15) is 25.4 Å². The van der Waals surface area contributed by atoms with Crippen LogP contribution in [0.3, 0.4) is 0 Å². The molecule has 1 aromatic rings. The molecule has 124 valence electrons. The molecule has 0 aliphatic heterocycles. The molecule has 0 aliphatic rings. The van der Waals surface area contributed by atoms with Gasteiger partial charge in [0.15, 0.2) is 0 Å². The standard InChI is InChI=1S/C12H14N2O5.2ClH.Fe/c1-3-17-11(15)13-7-9-5-6-10(19-9)8-14-12(16)18-4-2;;;/h5-8H,3-4H2,1-2H3;2*1H;/q;;;+2/p-2/b13-7+,14-8+;;;. The maximum atomic E-state index is 11.0. The van der Waals surface area contributed by atoms with Crippen molar-refractivity contribution in [2.45, 2.75) is 13.8 Å². The number of hydrogen-bond donors (Lipinski definition) is 0. The number of amides is 2. The summed E-state index contributed by atoms with van der Waals surface area (Å²) in [5, 5.41) is 0. The quantitative estimate of drug-likeness (QED) is 0.574. The monoisotopic (exact) mass is 392 g/mol. The summed E-state index contributed by atoms with van der Waals surface area (Å²) in [6.45, 7) is 3.88. The zero-order valence-corrected chi connectivity index (χ0v) is 14.4. The number of nitrogens with zero attached hydrogens (tertiary/aromatic N) is 2. The molecule has 0 fully saturated rings. The summed E-state index contributed by atoms with van der Waals surface area (Å²) >= 11 is 0.194. The fraction of sp³-hybridized carbons (Fsp3) is 0.333. The molecule has 7 nitrogen and oxygen atoms in total. The van der Waals surface area contributed by atoms with Crippen LogP contribution in [0.5, 0.6) is 0 Å². The summed E-state index contributed by atoms with van der Waals surface area (Å²) in [7, 11) is 9.53. The van der Waals surface area contributed by atoms with Crippen LogP contribution < -0.4 is 0 Å². The third-order valence-electron chi connectivity index (χ3n) is 1.78. The number of halogens is 2. The number of aliphatic imine (C=N–C) groups is 2. The molecule has 1 heterocycles. The number of carbonyl (C=O) groups is 2. The van der Waals surface area contributed by atoms with Crippen molar-refractivity contribution in [2.24, 2.45) is 9.98 Å². The van der Waals surface area contributed by atoms with Gasteiger partial charge in [0, 0.05) is 0 Å². The molecule has 0 atom stereocenters. The normalized spacial score (nSPS) is 10.5. The van der Waals surface area contributed by atoms with E-state index in [0.29, 0.717) is 11.5 Å². The molecule has 0 radical (unpaired) electrons. The first kappa shape index (κ1) is 20.7. The van der Waals surface area contributed by atoms with Gasteiger partial charge in [-0.1, -0.05) is 0 Å². The molecule has 0 spiro atoms. The van der Waals surface area contributed by atoms with Crippen LogP contribution >= 0.6 is 20.2 Å². The van der Waals surface area contributed by atoms with Crippen molar-refractivity contribution >= 4 is 44.8 Å². The average molecular weight is 393 g/mol. The Labute approximate surface area is 142 Å². The zero-order valence-electron chi connectivity index (χ0n) is 11.8. The average Bonchev–Trinajstić information content (AvgIpc) is 2.92. The van der Waals surface area contributed by atoms with Crippen LogP contribution in [0.2, 0.25) is 0 Å². The summed E-state index contributed by atoms with van der Waals surface area (Å²) in [5.74, 6) is 0.691. The van der Waals surface area contributed by atoms with E-state index in [2.05, 4.69) is 19.5 Å². The second-order valence-corrected chi connectivity index (χ2v) is 5.03. The molecule has 0 N–H and O–H groups in total. The maximum absolute atomic E-state index is 11.0. The topological polar surface area (TPSA) is 90.5 Å². The summed E-state index contributed by atoms with van der Waals surface area (Å²) in [6.07, 6.45) is 1.06. The van der Waals surface area contributed by atoms with Crippen LogP contribution in [0, 0.1) is 0 Å². The van der Waals surface area contributed by atoms with Gasteiger partial charge < -0.3 is 13.9 Å². The Hall–Kier alpha value is -1.34. The SMILES string of the molecule is CCOC(=O)/N=C/c1ccc(/C=N/C(=O)OCC)o1.[Cl][Fe][Cl]. The third-order valence-corrected chi connectivity index (χ3v) is 1.78. The fourth-order valence-corrected chi connectivity index (χ4v) is 1.06. The first-order chi connectivity index (χ1) is 10.6. The van der Waals surface area contributed by atoms with Crippen LogP contribution in [-0.2, 0) is 22.6 Å². The summed E-state index contributed by atoms with van der Waals surface area (Å²) in [6, 6.07) is 3.16. The molecule has 0 bridgehead atoms. The van der Waals surface area contributed by atoms with Gasteiger partial charge in [0.05, 0.1) is 25.6 Å². The Morgan fingerprint density at radius 3 is 1.77 bits per heavy atom. The van der Waals surface area contributed by atoms with Crippen LogP contribution in [-0.4, -0.2) is 37.8 Å². The van der Waals surface area contributed by atoms with Crippen molar-refractivity contribution in [3.05, 3.63) is 23.7 Å². The molecule has 0 saturated heterocycles. The number of rotatable bonds is 4. The van der Waals surface area contributed by atoms with E-state index in [0.717, 1.165) is 0 Å². The van der Waals surface area contributed by atoms with E-state index in [9.17, 15) is 9.59 Å². The number of carbonyl (C=O) groups excluding carboxylic acids is 2. The number of ether oxygens (including phenoxy) is 2.